The summed E-state index contributed by atoms with van der Waals surface area (Å²) in [5.41, 5.74) is 1.80. The number of aromatic amines is 1. The number of nitrogens with one attached hydrogen (secondary N) is 1. The van der Waals surface area contributed by atoms with Crippen molar-refractivity contribution in [2.45, 2.75) is 19.3 Å². The van der Waals surface area contributed by atoms with Gasteiger partial charge in [-0.2, -0.15) is 0 Å². The van der Waals surface area contributed by atoms with E-state index in [1.165, 1.54) is 24.3 Å². The van der Waals surface area contributed by atoms with E-state index in [1.807, 2.05) is 18.7 Å². The van der Waals surface area contributed by atoms with Crippen molar-refractivity contribution in [2.75, 3.05) is 31.1 Å². The Kier molecular flexibility index (Phi) is 4.57. The molecule has 1 saturated heterocycles. The Morgan fingerprint density at radius 3 is 2.29 bits per heavy atom. The predicted octanol–water partition coefficient (Wildman–Crippen LogP) is 4.07. The van der Waals surface area contributed by atoms with Crippen molar-refractivity contribution in [2.24, 2.45) is 0 Å². The summed E-state index contributed by atoms with van der Waals surface area (Å²) in [6.45, 7) is 6.44. The predicted molar refractivity (Wildman–Crippen MR) is 106 cm³/mol. The van der Waals surface area contributed by atoms with E-state index in [0.717, 1.165) is 16.6 Å². The van der Waals surface area contributed by atoms with Gasteiger partial charge in [0.2, 0.25) is 5.91 Å². The molecule has 4 nitrogen and oxygen atoms in total. The minimum Gasteiger partial charge on any atom is -0.368 e. The van der Waals surface area contributed by atoms with Crippen molar-refractivity contribution >= 4 is 22.5 Å². The maximum Gasteiger partial charge on any atom is 0.232 e. The Hall–Kier alpha value is -2.89. The van der Waals surface area contributed by atoms with Gasteiger partial charge in [0.25, 0.3) is 0 Å². The zero-order chi connectivity index (χ0) is 19.9. The van der Waals surface area contributed by atoms with Crippen molar-refractivity contribution in [1.29, 1.82) is 0 Å². The van der Waals surface area contributed by atoms with Crippen LogP contribution in [-0.4, -0.2) is 42.0 Å². The van der Waals surface area contributed by atoms with Crippen molar-refractivity contribution < 1.29 is 13.6 Å². The number of rotatable bonds is 3. The molecule has 1 aromatic heterocycles. The van der Waals surface area contributed by atoms with E-state index in [0.29, 0.717) is 31.7 Å². The third kappa shape index (κ3) is 3.23. The molecule has 1 aliphatic rings. The molecule has 0 spiro atoms. The molecule has 4 rings (SSSR count). The summed E-state index contributed by atoms with van der Waals surface area (Å²) in [4.78, 5) is 20.4. The van der Waals surface area contributed by atoms with Gasteiger partial charge in [-0.05, 0) is 61.9 Å². The number of carbonyl (C=O) groups is 1. The number of fused-ring (bicyclic) bond motifs is 1. The molecule has 1 N–H and O–H groups in total. The monoisotopic (exact) mass is 383 g/mol. The highest BCUT2D eigenvalue weighted by molar-refractivity contribution is 5.94. The first-order valence-corrected chi connectivity index (χ1v) is 9.43. The third-order valence-electron chi connectivity index (χ3n) is 5.61. The van der Waals surface area contributed by atoms with Crippen LogP contribution >= 0.6 is 0 Å². The minimum absolute atomic E-state index is 0.0523. The fourth-order valence-corrected chi connectivity index (χ4v) is 3.95. The first kappa shape index (κ1) is 18.5. The second-order valence-corrected chi connectivity index (χ2v) is 7.77. The number of aromatic nitrogens is 1. The number of amides is 1. The smallest absolute Gasteiger partial charge is 0.232 e. The van der Waals surface area contributed by atoms with E-state index >= 15 is 0 Å². The number of H-pyrrole nitrogens is 1. The average Bonchev–Trinajstić information content (AvgIpc) is 3.12. The Bertz CT molecular complexity index is 1000. The lowest BCUT2D eigenvalue weighted by atomic mass is 9.82. The Labute approximate surface area is 162 Å². The number of halogens is 2. The summed E-state index contributed by atoms with van der Waals surface area (Å²) in [6.07, 6.45) is 1.80. The summed E-state index contributed by atoms with van der Waals surface area (Å²) in [6, 6.07) is 11.0. The normalized spacial score (nSPS) is 15.3. The standard InChI is InChI=1S/C22H23F2N3O/c1-22(2,19-14-25-20-13-16(24)5-8-18(19)20)21(28)27-11-9-26(10-12-27)17-6-3-15(23)4-7-17/h3-8,13-14,25H,9-12H2,1-2H3. The highest BCUT2D eigenvalue weighted by atomic mass is 19.1. The molecule has 1 aliphatic heterocycles. The van der Waals surface area contributed by atoms with Gasteiger partial charge in [-0.25, -0.2) is 8.78 Å². The number of hydrogen-bond donors (Lipinski definition) is 1. The number of carbonyl (C=O) groups excluding carboxylic acids is 1. The van der Waals surface area contributed by atoms with E-state index in [-0.39, 0.29) is 17.5 Å². The number of anilines is 1. The van der Waals surface area contributed by atoms with Gasteiger partial charge < -0.3 is 14.8 Å². The molecule has 146 valence electrons. The van der Waals surface area contributed by atoms with Gasteiger partial charge in [-0.1, -0.05) is 0 Å². The molecule has 0 atom stereocenters. The highest BCUT2D eigenvalue weighted by Gasteiger charge is 2.36. The van der Waals surface area contributed by atoms with Crippen LogP contribution in [-0.2, 0) is 10.2 Å². The van der Waals surface area contributed by atoms with Crippen LogP contribution in [0.4, 0.5) is 14.5 Å². The molecule has 2 aromatic carbocycles. The zero-order valence-electron chi connectivity index (χ0n) is 16.0. The second-order valence-electron chi connectivity index (χ2n) is 7.77. The Morgan fingerprint density at radius 2 is 1.61 bits per heavy atom. The van der Waals surface area contributed by atoms with Crippen LogP contribution < -0.4 is 4.90 Å². The van der Waals surface area contributed by atoms with E-state index in [9.17, 15) is 13.6 Å². The lowest BCUT2D eigenvalue weighted by Gasteiger charge is -2.39. The number of piperazine rings is 1. The molecular weight excluding hydrogens is 360 g/mol. The van der Waals surface area contributed by atoms with Gasteiger partial charge in [0, 0.05) is 49.0 Å². The van der Waals surface area contributed by atoms with Gasteiger partial charge in [0.05, 0.1) is 5.41 Å². The van der Waals surface area contributed by atoms with E-state index in [1.54, 1.807) is 24.4 Å². The quantitative estimate of drug-likeness (QED) is 0.741. The van der Waals surface area contributed by atoms with Gasteiger partial charge in [-0.15, -0.1) is 0 Å². The zero-order valence-corrected chi connectivity index (χ0v) is 16.0. The summed E-state index contributed by atoms with van der Waals surface area (Å²) in [5.74, 6) is -0.503. The van der Waals surface area contributed by atoms with E-state index < -0.39 is 5.41 Å². The van der Waals surface area contributed by atoms with Crippen molar-refractivity contribution in [3.8, 4) is 0 Å². The van der Waals surface area contributed by atoms with Crippen LogP contribution in [0.25, 0.3) is 10.9 Å². The molecule has 3 aromatic rings. The van der Waals surface area contributed by atoms with Crippen LogP contribution in [0.1, 0.15) is 19.4 Å². The molecule has 1 amide bonds. The molecule has 0 aliphatic carbocycles. The first-order valence-electron chi connectivity index (χ1n) is 9.43. The maximum absolute atomic E-state index is 13.5. The first-order chi connectivity index (χ1) is 13.4. The lowest BCUT2D eigenvalue weighted by molar-refractivity contribution is -0.136. The summed E-state index contributed by atoms with van der Waals surface area (Å²) in [5, 5.41) is 0.865. The van der Waals surface area contributed by atoms with E-state index in [4.69, 9.17) is 0 Å². The van der Waals surface area contributed by atoms with Gasteiger partial charge in [-0.3, -0.25) is 4.79 Å². The molecule has 1 fully saturated rings. The summed E-state index contributed by atoms with van der Waals surface area (Å²) >= 11 is 0. The number of benzene rings is 2. The Morgan fingerprint density at radius 1 is 0.964 bits per heavy atom. The molecular formula is C22H23F2N3O. The largest absolute Gasteiger partial charge is 0.368 e. The molecule has 0 bridgehead atoms. The van der Waals surface area contributed by atoms with Crippen LogP contribution in [0, 0.1) is 11.6 Å². The van der Waals surface area contributed by atoms with Crippen LogP contribution in [0.3, 0.4) is 0 Å². The SMILES string of the molecule is CC(C)(C(=O)N1CCN(c2ccc(F)cc2)CC1)c1c[nH]c2cc(F)ccc12. The van der Waals surface area contributed by atoms with Gasteiger partial charge >= 0.3 is 0 Å². The Balaban J connectivity index is 1.50. The third-order valence-corrected chi connectivity index (χ3v) is 5.61. The van der Waals surface area contributed by atoms with Crippen molar-refractivity contribution in [1.82, 2.24) is 9.88 Å². The molecule has 28 heavy (non-hydrogen) atoms. The van der Waals surface area contributed by atoms with E-state index in [2.05, 4.69) is 9.88 Å². The number of hydrogen-bond acceptors (Lipinski definition) is 2. The van der Waals surface area contributed by atoms with Crippen LogP contribution in [0.2, 0.25) is 0 Å². The second kappa shape index (κ2) is 6.93. The maximum atomic E-state index is 13.5. The van der Waals surface area contributed by atoms with Crippen molar-refractivity contribution in [3.05, 3.63) is 65.9 Å². The van der Waals surface area contributed by atoms with Gasteiger partial charge in [0.1, 0.15) is 11.6 Å². The van der Waals surface area contributed by atoms with Crippen molar-refractivity contribution in [3.63, 3.8) is 0 Å². The molecule has 0 radical (unpaired) electrons. The fraction of sp³-hybridized carbons (Fsp3) is 0.318. The van der Waals surface area contributed by atoms with Crippen LogP contribution in [0.15, 0.2) is 48.7 Å². The molecule has 2 heterocycles. The van der Waals surface area contributed by atoms with Crippen LogP contribution in [0.5, 0.6) is 0 Å². The minimum atomic E-state index is -0.728. The molecule has 6 heteroatoms. The highest BCUT2D eigenvalue weighted by Crippen LogP contribution is 2.33. The molecule has 0 saturated carbocycles. The van der Waals surface area contributed by atoms with Gasteiger partial charge in [0.15, 0.2) is 0 Å². The lowest BCUT2D eigenvalue weighted by Crippen LogP contribution is -2.53. The number of nitrogens with zero attached hydrogens (tertiary/aromatic N) is 2. The molecule has 0 unspecified atom stereocenters. The summed E-state index contributed by atoms with van der Waals surface area (Å²) < 4.78 is 26.6. The average molecular weight is 383 g/mol. The summed E-state index contributed by atoms with van der Waals surface area (Å²) in [7, 11) is 0. The fourth-order valence-electron chi connectivity index (χ4n) is 3.95. The topological polar surface area (TPSA) is 39.3 Å².